The lowest BCUT2D eigenvalue weighted by atomic mass is 10.1. The molecule has 0 N–H and O–H groups in total. The van der Waals surface area contributed by atoms with Crippen molar-refractivity contribution in [1.29, 1.82) is 0 Å². The zero-order valence-electron chi connectivity index (χ0n) is 16.4. The molecule has 0 unspecified atom stereocenters. The molecule has 0 saturated heterocycles. The Bertz CT molecular complexity index is 888. The predicted octanol–water partition coefficient (Wildman–Crippen LogP) is 2.74. The second-order valence-corrected chi connectivity index (χ2v) is 8.51. The van der Waals surface area contributed by atoms with Gasteiger partial charge in [0.25, 0.3) is 0 Å². The summed E-state index contributed by atoms with van der Waals surface area (Å²) in [5, 5.41) is 0. The van der Waals surface area contributed by atoms with Gasteiger partial charge in [-0.15, -0.1) is 0 Å². The molecular weight excluding hydrogens is 364 g/mol. The maximum Gasteiger partial charge on any atom is 0.243 e. The van der Waals surface area contributed by atoms with E-state index in [1.807, 2.05) is 56.3 Å². The summed E-state index contributed by atoms with van der Waals surface area (Å²) in [6, 6.07) is 13.0. The lowest BCUT2D eigenvalue weighted by Gasteiger charge is -2.27. The van der Waals surface area contributed by atoms with Crippen molar-refractivity contribution in [3.8, 4) is 5.75 Å². The van der Waals surface area contributed by atoms with Crippen LogP contribution in [0.5, 0.6) is 5.75 Å². The molecule has 0 heterocycles. The Hall–Kier alpha value is -2.54. The van der Waals surface area contributed by atoms with Crippen molar-refractivity contribution >= 4 is 21.6 Å². The van der Waals surface area contributed by atoms with Gasteiger partial charge in [0.1, 0.15) is 12.3 Å². The Morgan fingerprint density at radius 3 is 2.07 bits per heavy atom. The number of nitrogens with zero attached hydrogens (tertiary/aromatic N) is 2. The standard InChI is InChI=1S/C20H26N2O4S/c1-15-7-6-8-16(2)20(15)22(27(5,24)25)14-19(23)21(3)13-17-9-11-18(26-4)12-10-17/h6-12H,13-14H2,1-5H3. The van der Waals surface area contributed by atoms with Crippen LogP contribution in [0.2, 0.25) is 0 Å². The van der Waals surface area contributed by atoms with Crippen molar-refractivity contribution in [2.45, 2.75) is 20.4 Å². The molecule has 0 aliphatic carbocycles. The van der Waals surface area contributed by atoms with Crippen LogP contribution in [0.15, 0.2) is 42.5 Å². The van der Waals surface area contributed by atoms with Crippen LogP contribution in [0.25, 0.3) is 0 Å². The number of ether oxygens (including phenoxy) is 1. The first-order valence-corrected chi connectivity index (χ1v) is 10.4. The van der Waals surface area contributed by atoms with Crippen molar-refractivity contribution in [1.82, 2.24) is 4.90 Å². The van der Waals surface area contributed by atoms with Gasteiger partial charge in [-0.05, 0) is 42.7 Å². The van der Waals surface area contributed by atoms with Crippen LogP contribution in [-0.4, -0.2) is 46.2 Å². The second-order valence-electron chi connectivity index (χ2n) is 6.61. The smallest absolute Gasteiger partial charge is 0.243 e. The lowest BCUT2D eigenvalue weighted by Crippen LogP contribution is -2.41. The monoisotopic (exact) mass is 390 g/mol. The third kappa shape index (κ3) is 5.23. The van der Waals surface area contributed by atoms with Gasteiger partial charge < -0.3 is 9.64 Å². The number of anilines is 1. The average Bonchev–Trinajstić information content (AvgIpc) is 2.60. The number of hydrogen-bond donors (Lipinski definition) is 0. The van der Waals surface area contributed by atoms with E-state index in [4.69, 9.17) is 4.74 Å². The minimum absolute atomic E-state index is 0.239. The second kappa shape index (κ2) is 8.43. The first kappa shape index (κ1) is 20.8. The predicted molar refractivity (Wildman–Crippen MR) is 108 cm³/mol. The molecule has 0 radical (unpaired) electrons. The largest absolute Gasteiger partial charge is 0.497 e. The number of methoxy groups -OCH3 is 1. The van der Waals surface area contributed by atoms with Crippen LogP contribution >= 0.6 is 0 Å². The molecule has 27 heavy (non-hydrogen) atoms. The molecule has 2 aromatic carbocycles. The number of amides is 1. The molecule has 0 fully saturated rings. The quantitative estimate of drug-likeness (QED) is 0.729. The zero-order valence-corrected chi connectivity index (χ0v) is 17.2. The van der Waals surface area contributed by atoms with E-state index in [0.29, 0.717) is 12.2 Å². The summed E-state index contributed by atoms with van der Waals surface area (Å²) < 4.78 is 31.0. The summed E-state index contributed by atoms with van der Waals surface area (Å²) in [4.78, 5) is 14.2. The Kier molecular flexibility index (Phi) is 6.49. The van der Waals surface area contributed by atoms with E-state index in [1.54, 1.807) is 14.2 Å². The molecule has 0 saturated carbocycles. The number of carbonyl (C=O) groups is 1. The summed E-state index contributed by atoms with van der Waals surface area (Å²) in [7, 11) is -0.344. The molecular formula is C20H26N2O4S. The number of hydrogen-bond acceptors (Lipinski definition) is 4. The maximum atomic E-state index is 12.7. The van der Waals surface area contributed by atoms with E-state index in [1.165, 1.54) is 9.21 Å². The molecule has 6 nitrogen and oxygen atoms in total. The molecule has 0 aromatic heterocycles. The molecule has 0 atom stereocenters. The van der Waals surface area contributed by atoms with E-state index < -0.39 is 10.0 Å². The van der Waals surface area contributed by atoms with Gasteiger partial charge in [0.2, 0.25) is 15.9 Å². The average molecular weight is 391 g/mol. The maximum absolute atomic E-state index is 12.7. The Labute approximate surface area is 161 Å². The number of rotatable bonds is 7. The normalized spacial score (nSPS) is 11.1. The number of aryl methyl sites for hydroxylation is 2. The molecule has 0 spiro atoms. The molecule has 0 aliphatic rings. The minimum atomic E-state index is -3.60. The van der Waals surface area contributed by atoms with E-state index >= 15 is 0 Å². The number of benzene rings is 2. The van der Waals surface area contributed by atoms with E-state index in [-0.39, 0.29) is 12.5 Å². The van der Waals surface area contributed by atoms with Gasteiger partial charge >= 0.3 is 0 Å². The van der Waals surface area contributed by atoms with Gasteiger partial charge in [0, 0.05) is 13.6 Å². The SMILES string of the molecule is COc1ccc(CN(C)C(=O)CN(c2c(C)cccc2C)S(C)(=O)=O)cc1. The van der Waals surface area contributed by atoms with Crippen molar-refractivity contribution in [3.05, 3.63) is 59.2 Å². The highest BCUT2D eigenvalue weighted by atomic mass is 32.2. The van der Waals surface area contributed by atoms with Gasteiger partial charge in [0.15, 0.2) is 0 Å². The van der Waals surface area contributed by atoms with E-state index in [0.717, 1.165) is 28.7 Å². The first-order valence-electron chi connectivity index (χ1n) is 8.54. The van der Waals surface area contributed by atoms with Crippen molar-refractivity contribution in [2.75, 3.05) is 31.3 Å². The fourth-order valence-corrected chi connectivity index (χ4v) is 3.86. The van der Waals surface area contributed by atoms with Crippen molar-refractivity contribution < 1.29 is 17.9 Å². The molecule has 2 aromatic rings. The zero-order chi connectivity index (χ0) is 20.2. The summed E-state index contributed by atoms with van der Waals surface area (Å²) in [6.07, 6.45) is 1.12. The van der Waals surface area contributed by atoms with E-state index in [2.05, 4.69) is 0 Å². The number of sulfonamides is 1. The number of carbonyl (C=O) groups excluding carboxylic acids is 1. The Morgan fingerprint density at radius 1 is 1.04 bits per heavy atom. The summed E-state index contributed by atoms with van der Waals surface area (Å²) in [5.41, 5.74) is 3.12. The van der Waals surface area contributed by atoms with Crippen molar-refractivity contribution in [2.24, 2.45) is 0 Å². The highest BCUT2D eigenvalue weighted by molar-refractivity contribution is 7.92. The van der Waals surface area contributed by atoms with E-state index in [9.17, 15) is 13.2 Å². The van der Waals surface area contributed by atoms with Crippen LogP contribution in [-0.2, 0) is 21.4 Å². The van der Waals surface area contributed by atoms with Crippen LogP contribution in [0.4, 0.5) is 5.69 Å². The third-order valence-corrected chi connectivity index (χ3v) is 5.48. The van der Waals surface area contributed by atoms with Gasteiger partial charge in [-0.1, -0.05) is 30.3 Å². The van der Waals surface area contributed by atoms with Gasteiger partial charge in [-0.25, -0.2) is 8.42 Å². The molecule has 2 rings (SSSR count). The lowest BCUT2D eigenvalue weighted by molar-refractivity contribution is -0.128. The molecule has 1 amide bonds. The van der Waals surface area contributed by atoms with Crippen molar-refractivity contribution in [3.63, 3.8) is 0 Å². The Balaban J connectivity index is 2.20. The fraction of sp³-hybridized carbons (Fsp3) is 0.350. The van der Waals surface area contributed by atoms with Crippen LogP contribution in [0.3, 0.4) is 0 Å². The van der Waals surface area contributed by atoms with Gasteiger partial charge in [-0.2, -0.15) is 0 Å². The Morgan fingerprint density at radius 2 is 1.59 bits per heavy atom. The van der Waals surface area contributed by atoms with Crippen LogP contribution < -0.4 is 9.04 Å². The number of para-hydroxylation sites is 1. The van der Waals surface area contributed by atoms with Gasteiger partial charge in [-0.3, -0.25) is 9.10 Å². The summed E-state index contributed by atoms with van der Waals surface area (Å²) in [6.45, 7) is 3.82. The molecule has 0 aliphatic heterocycles. The topological polar surface area (TPSA) is 66.9 Å². The van der Waals surface area contributed by atoms with Crippen LogP contribution in [0, 0.1) is 13.8 Å². The highest BCUT2D eigenvalue weighted by Crippen LogP contribution is 2.26. The minimum Gasteiger partial charge on any atom is -0.497 e. The molecule has 146 valence electrons. The fourth-order valence-electron chi connectivity index (χ4n) is 2.90. The molecule has 0 bridgehead atoms. The molecule has 7 heteroatoms. The summed E-state index contributed by atoms with van der Waals surface area (Å²) in [5.74, 6) is 0.463. The number of likely N-dealkylation sites (N-methyl/N-ethyl adjacent to an activating group) is 1. The summed E-state index contributed by atoms with van der Waals surface area (Å²) >= 11 is 0. The van der Waals surface area contributed by atoms with Crippen LogP contribution in [0.1, 0.15) is 16.7 Å². The van der Waals surface area contributed by atoms with Gasteiger partial charge in [0.05, 0.1) is 19.1 Å². The first-order chi connectivity index (χ1) is 12.6. The highest BCUT2D eigenvalue weighted by Gasteiger charge is 2.25. The third-order valence-electron chi connectivity index (χ3n) is 4.37.